The van der Waals surface area contributed by atoms with Gasteiger partial charge in [0.15, 0.2) is 0 Å². The molecule has 0 aliphatic carbocycles. The minimum absolute atomic E-state index is 0.431. The molecule has 0 fully saturated rings. The van der Waals surface area contributed by atoms with Crippen molar-refractivity contribution in [3.05, 3.63) is 53.1 Å². The van der Waals surface area contributed by atoms with Gasteiger partial charge in [-0.2, -0.15) is 0 Å². The number of nitrogens with one attached hydrogen (secondary N) is 1. The molecule has 21 heavy (non-hydrogen) atoms. The second kappa shape index (κ2) is 7.48. The Morgan fingerprint density at radius 1 is 1.14 bits per heavy atom. The maximum absolute atomic E-state index is 6.30. The first-order valence-corrected chi connectivity index (χ1v) is 7.73. The van der Waals surface area contributed by atoms with Gasteiger partial charge >= 0.3 is 0 Å². The van der Waals surface area contributed by atoms with Crippen LogP contribution >= 0.6 is 11.6 Å². The highest BCUT2D eigenvalue weighted by atomic mass is 35.5. The van der Waals surface area contributed by atoms with Crippen molar-refractivity contribution in [2.75, 3.05) is 6.61 Å². The first kappa shape index (κ1) is 15.9. The summed E-state index contributed by atoms with van der Waals surface area (Å²) in [6.07, 6.45) is 0. The van der Waals surface area contributed by atoms with E-state index >= 15 is 0 Å². The Labute approximate surface area is 132 Å². The molecular weight excluding hydrogens is 282 g/mol. The SMILES string of the molecule is CCOc1ccccc1-c1ccc(Cl)c(CNC(C)C)c1. The highest BCUT2D eigenvalue weighted by Crippen LogP contribution is 2.32. The molecule has 0 aliphatic heterocycles. The lowest BCUT2D eigenvalue weighted by atomic mass is 10.0. The number of benzene rings is 2. The number of hydrogen-bond donors (Lipinski definition) is 1. The zero-order chi connectivity index (χ0) is 15.2. The molecule has 0 bridgehead atoms. The zero-order valence-electron chi connectivity index (χ0n) is 12.8. The van der Waals surface area contributed by atoms with E-state index in [9.17, 15) is 0 Å². The first-order chi connectivity index (χ1) is 10.1. The lowest BCUT2D eigenvalue weighted by Crippen LogP contribution is -2.22. The van der Waals surface area contributed by atoms with Crippen LogP contribution in [0.3, 0.4) is 0 Å². The van der Waals surface area contributed by atoms with Crippen molar-refractivity contribution in [3.8, 4) is 16.9 Å². The summed E-state index contributed by atoms with van der Waals surface area (Å²) < 4.78 is 5.71. The summed E-state index contributed by atoms with van der Waals surface area (Å²) in [6.45, 7) is 7.68. The van der Waals surface area contributed by atoms with Crippen LogP contribution in [0, 0.1) is 0 Å². The van der Waals surface area contributed by atoms with Crippen molar-refractivity contribution >= 4 is 11.6 Å². The molecule has 2 nitrogen and oxygen atoms in total. The summed E-state index contributed by atoms with van der Waals surface area (Å²) >= 11 is 6.30. The van der Waals surface area contributed by atoms with Gasteiger partial charge in [0.25, 0.3) is 0 Å². The largest absolute Gasteiger partial charge is 0.493 e. The lowest BCUT2D eigenvalue weighted by Gasteiger charge is -2.13. The Balaban J connectivity index is 2.34. The van der Waals surface area contributed by atoms with E-state index in [2.05, 4.69) is 31.3 Å². The van der Waals surface area contributed by atoms with E-state index in [1.54, 1.807) is 0 Å². The van der Waals surface area contributed by atoms with E-state index < -0.39 is 0 Å². The smallest absolute Gasteiger partial charge is 0.127 e. The van der Waals surface area contributed by atoms with Gasteiger partial charge in [0, 0.05) is 23.2 Å². The van der Waals surface area contributed by atoms with Crippen LogP contribution in [0.15, 0.2) is 42.5 Å². The fourth-order valence-electron chi connectivity index (χ4n) is 2.18. The summed E-state index contributed by atoms with van der Waals surface area (Å²) in [6, 6.07) is 14.7. The fraction of sp³-hybridized carbons (Fsp3) is 0.333. The Bertz CT molecular complexity index is 596. The van der Waals surface area contributed by atoms with Crippen molar-refractivity contribution in [1.82, 2.24) is 5.32 Å². The Morgan fingerprint density at radius 3 is 2.62 bits per heavy atom. The molecule has 2 aromatic rings. The molecule has 0 aliphatic rings. The van der Waals surface area contributed by atoms with E-state index in [4.69, 9.17) is 16.3 Å². The Hall–Kier alpha value is -1.51. The van der Waals surface area contributed by atoms with Crippen molar-refractivity contribution in [2.45, 2.75) is 33.4 Å². The van der Waals surface area contributed by atoms with Gasteiger partial charge in [-0.05, 0) is 36.2 Å². The third kappa shape index (κ3) is 4.23. The third-order valence-electron chi connectivity index (χ3n) is 3.24. The summed E-state index contributed by atoms with van der Waals surface area (Å²) in [5.41, 5.74) is 3.33. The third-order valence-corrected chi connectivity index (χ3v) is 3.61. The van der Waals surface area contributed by atoms with Crippen LogP contribution in [-0.4, -0.2) is 12.6 Å². The number of rotatable bonds is 6. The molecule has 0 amide bonds. The highest BCUT2D eigenvalue weighted by Gasteiger charge is 2.08. The zero-order valence-corrected chi connectivity index (χ0v) is 13.6. The van der Waals surface area contributed by atoms with Gasteiger partial charge in [-0.3, -0.25) is 0 Å². The number of halogens is 1. The normalized spacial score (nSPS) is 10.9. The fourth-order valence-corrected chi connectivity index (χ4v) is 2.36. The molecule has 2 rings (SSSR count). The van der Waals surface area contributed by atoms with Crippen LogP contribution in [0.25, 0.3) is 11.1 Å². The van der Waals surface area contributed by atoms with E-state index in [-0.39, 0.29) is 0 Å². The van der Waals surface area contributed by atoms with Gasteiger partial charge in [0.2, 0.25) is 0 Å². The molecule has 0 heterocycles. The monoisotopic (exact) mass is 303 g/mol. The van der Waals surface area contributed by atoms with Crippen LogP contribution in [-0.2, 0) is 6.54 Å². The van der Waals surface area contributed by atoms with Gasteiger partial charge in [-0.15, -0.1) is 0 Å². The minimum atomic E-state index is 0.431. The second-order valence-electron chi connectivity index (χ2n) is 5.27. The molecule has 0 saturated carbocycles. The maximum Gasteiger partial charge on any atom is 0.127 e. The van der Waals surface area contributed by atoms with Crippen molar-refractivity contribution in [3.63, 3.8) is 0 Å². The molecule has 112 valence electrons. The molecule has 0 saturated heterocycles. The summed E-state index contributed by atoms with van der Waals surface area (Å²) in [5, 5.41) is 4.20. The van der Waals surface area contributed by atoms with E-state index in [1.807, 2.05) is 37.3 Å². The van der Waals surface area contributed by atoms with Crippen LogP contribution in [0.2, 0.25) is 5.02 Å². The Morgan fingerprint density at radius 2 is 1.90 bits per heavy atom. The average molecular weight is 304 g/mol. The van der Waals surface area contributed by atoms with Gasteiger partial charge in [-0.25, -0.2) is 0 Å². The van der Waals surface area contributed by atoms with Crippen LogP contribution in [0.4, 0.5) is 0 Å². The number of hydrogen-bond acceptors (Lipinski definition) is 2. The van der Waals surface area contributed by atoms with Crippen molar-refractivity contribution in [1.29, 1.82) is 0 Å². The Kier molecular flexibility index (Phi) is 5.66. The minimum Gasteiger partial charge on any atom is -0.493 e. The molecule has 0 spiro atoms. The maximum atomic E-state index is 6.30. The predicted octanol–water partition coefficient (Wildman–Crippen LogP) is 4.90. The lowest BCUT2D eigenvalue weighted by molar-refractivity contribution is 0.341. The molecule has 0 aromatic heterocycles. The summed E-state index contributed by atoms with van der Waals surface area (Å²) in [5.74, 6) is 0.907. The van der Waals surface area contributed by atoms with E-state index in [0.717, 1.165) is 34.0 Å². The average Bonchev–Trinajstić information content (AvgIpc) is 2.47. The van der Waals surface area contributed by atoms with Crippen LogP contribution < -0.4 is 10.1 Å². The van der Waals surface area contributed by atoms with Gasteiger partial charge in [0.1, 0.15) is 5.75 Å². The van der Waals surface area contributed by atoms with Crippen LogP contribution in [0.1, 0.15) is 26.3 Å². The molecule has 2 aromatic carbocycles. The second-order valence-corrected chi connectivity index (χ2v) is 5.68. The quantitative estimate of drug-likeness (QED) is 0.819. The molecule has 0 unspecified atom stereocenters. The van der Waals surface area contributed by atoms with Crippen LogP contribution in [0.5, 0.6) is 5.75 Å². The number of para-hydroxylation sites is 1. The van der Waals surface area contributed by atoms with Crippen molar-refractivity contribution in [2.24, 2.45) is 0 Å². The summed E-state index contributed by atoms with van der Waals surface area (Å²) in [7, 11) is 0. The van der Waals surface area contributed by atoms with Gasteiger partial charge in [0.05, 0.1) is 6.61 Å². The standard InChI is InChI=1S/C18H22ClNO/c1-4-21-18-8-6-5-7-16(18)14-9-10-17(19)15(11-14)12-20-13(2)3/h5-11,13,20H,4,12H2,1-3H3. The highest BCUT2D eigenvalue weighted by molar-refractivity contribution is 6.31. The van der Waals surface area contributed by atoms with Crippen molar-refractivity contribution < 1.29 is 4.74 Å². The number of ether oxygens (including phenoxy) is 1. The molecule has 3 heteroatoms. The van der Waals surface area contributed by atoms with Gasteiger partial charge in [-0.1, -0.05) is 49.7 Å². The molecule has 0 radical (unpaired) electrons. The molecular formula is C18H22ClNO. The van der Waals surface area contributed by atoms with E-state index in [0.29, 0.717) is 12.6 Å². The first-order valence-electron chi connectivity index (χ1n) is 7.35. The molecule has 0 atom stereocenters. The topological polar surface area (TPSA) is 21.3 Å². The van der Waals surface area contributed by atoms with E-state index in [1.165, 1.54) is 0 Å². The molecule has 1 N–H and O–H groups in total. The summed E-state index contributed by atoms with van der Waals surface area (Å²) in [4.78, 5) is 0. The predicted molar refractivity (Wildman–Crippen MR) is 90.0 cm³/mol. The van der Waals surface area contributed by atoms with Gasteiger partial charge < -0.3 is 10.1 Å².